The van der Waals surface area contributed by atoms with Gasteiger partial charge in [-0.05, 0) is 39.9 Å². The van der Waals surface area contributed by atoms with Crippen LogP contribution in [0.25, 0.3) is 11.1 Å². The number of benzene rings is 3. The van der Waals surface area contributed by atoms with Gasteiger partial charge in [0, 0.05) is 25.5 Å². The standard InChI is InChI=1S/C26H22F3N3O2/c27-26(28,29)34-23-11-7-19(8-12-23)15-25(33)31-16-22-3-1-2-4-24(22)21-9-5-20(6-10-21)17-32-14-13-30-18-32/h1-14,18H,15-17H2,(H,31,33). The molecule has 0 aliphatic heterocycles. The van der Waals surface area contributed by atoms with Gasteiger partial charge in [-0.15, -0.1) is 13.2 Å². The number of hydrogen-bond donors (Lipinski definition) is 1. The molecule has 1 heterocycles. The van der Waals surface area contributed by atoms with Crippen LogP contribution >= 0.6 is 0 Å². The van der Waals surface area contributed by atoms with Gasteiger partial charge in [-0.3, -0.25) is 4.79 Å². The van der Waals surface area contributed by atoms with Crippen molar-refractivity contribution in [1.82, 2.24) is 14.9 Å². The molecular formula is C26H22F3N3O2. The lowest BCUT2D eigenvalue weighted by atomic mass is 9.98. The first-order chi connectivity index (χ1) is 16.4. The monoisotopic (exact) mass is 465 g/mol. The number of halogens is 3. The normalized spacial score (nSPS) is 11.3. The molecule has 0 radical (unpaired) electrons. The lowest BCUT2D eigenvalue weighted by Gasteiger charge is -2.12. The van der Waals surface area contributed by atoms with Gasteiger partial charge in [0.2, 0.25) is 5.91 Å². The maximum atomic E-state index is 12.4. The number of aromatic nitrogens is 2. The maximum absolute atomic E-state index is 12.4. The average molecular weight is 465 g/mol. The summed E-state index contributed by atoms with van der Waals surface area (Å²) < 4.78 is 42.7. The number of alkyl halides is 3. The predicted octanol–water partition coefficient (Wildman–Crippen LogP) is 5.36. The van der Waals surface area contributed by atoms with Crippen molar-refractivity contribution in [3.63, 3.8) is 0 Å². The lowest BCUT2D eigenvalue weighted by Crippen LogP contribution is -2.24. The minimum absolute atomic E-state index is 0.0530. The van der Waals surface area contributed by atoms with Crippen molar-refractivity contribution < 1.29 is 22.7 Å². The molecule has 0 saturated heterocycles. The summed E-state index contributed by atoms with van der Waals surface area (Å²) in [6.07, 6.45) is 0.744. The number of hydrogen-bond acceptors (Lipinski definition) is 3. The number of ether oxygens (including phenoxy) is 1. The third kappa shape index (κ3) is 6.48. The zero-order chi connectivity index (χ0) is 24.0. The number of rotatable bonds is 8. The molecule has 0 fully saturated rings. The molecule has 0 atom stereocenters. The number of amides is 1. The van der Waals surface area contributed by atoms with Crippen LogP contribution < -0.4 is 10.1 Å². The third-order valence-electron chi connectivity index (χ3n) is 5.20. The molecule has 4 aromatic rings. The van der Waals surface area contributed by atoms with Crippen molar-refractivity contribution in [2.75, 3.05) is 0 Å². The van der Waals surface area contributed by atoms with Crippen LogP contribution in [0.2, 0.25) is 0 Å². The molecule has 174 valence electrons. The van der Waals surface area contributed by atoms with Crippen molar-refractivity contribution in [3.05, 3.63) is 108 Å². The summed E-state index contributed by atoms with van der Waals surface area (Å²) in [5.41, 5.74) is 4.77. The average Bonchev–Trinajstić information content (AvgIpc) is 3.32. The molecule has 0 saturated carbocycles. The fraction of sp³-hybridized carbons (Fsp3) is 0.154. The van der Waals surface area contributed by atoms with Crippen LogP contribution in [0.5, 0.6) is 5.75 Å². The topological polar surface area (TPSA) is 56.1 Å². The quantitative estimate of drug-likeness (QED) is 0.381. The molecule has 1 N–H and O–H groups in total. The van der Waals surface area contributed by atoms with E-state index < -0.39 is 6.36 Å². The summed E-state index contributed by atoms with van der Waals surface area (Å²) in [5.74, 6) is -0.545. The van der Waals surface area contributed by atoms with Crippen molar-refractivity contribution in [1.29, 1.82) is 0 Å². The zero-order valence-electron chi connectivity index (χ0n) is 18.1. The number of nitrogens with zero attached hydrogens (tertiary/aromatic N) is 2. The Morgan fingerprint density at radius 3 is 2.32 bits per heavy atom. The molecule has 3 aromatic carbocycles. The van der Waals surface area contributed by atoms with E-state index in [9.17, 15) is 18.0 Å². The van der Waals surface area contributed by atoms with E-state index in [4.69, 9.17) is 0 Å². The van der Waals surface area contributed by atoms with Gasteiger partial charge < -0.3 is 14.6 Å². The molecule has 34 heavy (non-hydrogen) atoms. The van der Waals surface area contributed by atoms with Crippen molar-refractivity contribution in [2.24, 2.45) is 0 Å². The van der Waals surface area contributed by atoms with Gasteiger partial charge in [0.25, 0.3) is 0 Å². The molecule has 1 aromatic heterocycles. The summed E-state index contributed by atoms with van der Waals surface area (Å²) in [7, 11) is 0. The Bertz CT molecular complexity index is 1220. The fourth-order valence-electron chi connectivity index (χ4n) is 3.59. The van der Waals surface area contributed by atoms with Crippen LogP contribution in [0.4, 0.5) is 13.2 Å². The van der Waals surface area contributed by atoms with Crippen LogP contribution in [-0.2, 0) is 24.3 Å². The van der Waals surface area contributed by atoms with Crippen LogP contribution in [0.15, 0.2) is 91.5 Å². The van der Waals surface area contributed by atoms with Gasteiger partial charge in [0.15, 0.2) is 0 Å². The Balaban J connectivity index is 1.36. The van der Waals surface area contributed by atoms with E-state index in [0.29, 0.717) is 12.1 Å². The molecule has 0 aliphatic rings. The van der Waals surface area contributed by atoms with Gasteiger partial charge in [-0.1, -0.05) is 60.7 Å². The Morgan fingerprint density at radius 2 is 1.65 bits per heavy atom. The number of carbonyl (C=O) groups is 1. The van der Waals surface area contributed by atoms with Crippen LogP contribution in [-0.4, -0.2) is 21.8 Å². The molecule has 1 amide bonds. The van der Waals surface area contributed by atoms with Gasteiger partial charge in [0.05, 0.1) is 12.7 Å². The van der Waals surface area contributed by atoms with Gasteiger partial charge in [-0.2, -0.15) is 0 Å². The Labute approximate surface area is 194 Å². The van der Waals surface area contributed by atoms with E-state index in [0.717, 1.165) is 28.8 Å². The molecular weight excluding hydrogens is 443 g/mol. The van der Waals surface area contributed by atoms with Crippen LogP contribution in [0.1, 0.15) is 16.7 Å². The first-order valence-electron chi connectivity index (χ1n) is 10.6. The van der Waals surface area contributed by atoms with Crippen LogP contribution in [0.3, 0.4) is 0 Å². The minimum atomic E-state index is -4.74. The van der Waals surface area contributed by atoms with E-state index in [1.165, 1.54) is 24.3 Å². The third-order valence-corrected chi connectivity index (χ3v) is 5.20. The molecule has 0 unspecified atom stereocenters. The molecule has 4 rings (SSSR count). The highest BCUT2D eigenvalue weighted by molar-refractivity contribution is 5.79. The Kier molecular flexibility index (Phi) is 6.96. The highest BCUT2D eigenvalue weighted by Crippen LogP contribution is 2.25. The number of imidazole rings is 1. The van der Waals surface area contributed by atoms with E-state index in [2.05, 4.69) is 39.3 Å². The van der Waals surface area contributed by atoms with Crippen molar-refractivity contribution in [2.45, 2.75) is 25.9 Å². The summed E-state index contributed by atoms with van der Waals surface area (Å²) in [6, 6.07) is 21.3. The van der Waals surface area contributed by atoms with Crippen LogP contribution in [0, 0.1) is 0 Å². The molecule has 0 bridgehead atoms. The summed E-state index contributed by atoms with van der Waals surface area (Å²) in [6.45, 7) is 1.07. The maximum Gasteiger partial charge on any atom is 0.573 e. The smallest absolute Gasteiger partial charge is 0.406 e. The largest absolute Gasteiger partial charge is 0.573 e. The van der Waals surface area contributed by atoms with Crippen molar-refractivity contribution >= 4 is 5.91 Å². The lowest BCUT2D eigenvalue weighted by molar-refractivity contribution is -0.274. The fourth-order valence-corrected chi connectivity index (χ4v) is 3.59. The van der Waals surface area contributed by atoms with Gasteiger partial charge in [-0.25, -0.2) is 4.98 Å². The second kappa shape index (κ2) is 10.2. The predicted molar refractivity (Wildman–Crippen MR) is 122 cm³/mol. The SMILES string of the molecule is O=C(Cc1ccc(OC(F)(F)F)cc1)NCc1ccccc1-c1ccc(Cn2ccnc2)cc1. The first kappa shape index (κ1) is 23.1. The highest BCUT2D eigenvalue weighted by atomic mass is 19.4. The van der Waals surface area contributed by atoms with Gasteiger partial charge >= 0.3 is 6.36 Å². The molecule has 0 aliphatic carbocycles. The van der Waals surface area contributed by atoms with Crippen molar-refractivity contribution in [3.8, 4) is 16.9 Å². The second-order valence-corrected chi connectivity index (χ2v) is 7.73. The van der Waals surface area contributed by atoms with E-state index >= 15 is 0 Å². The highest BCUT2D eigenvalue weighted by Gasteiger charge is 2.30. The summed E-state index contributed by atoms with van der Waals surface area (Å²) >= 11 is 0. The first-order valence-corrected chi connectivity index (χ1v) is 10.6. The Hall–Kier alpha value is -4.07. The zero-order valence-corrected chi connectivity index (χ0v) is 18.1. The van der Waals surface area contributed by atoms with E-state index in [1.54, 1.807) is 12.5 Å². The molecule has 0 spiro atoms. The second-order valence-electron chi connectivity index (χ2n) is 7.73. The molecule has 5 nitrogen and oxygen atoms in total. The Morgan fingerprint density at radius 1 is 0.941 bits per heavy atom. The number of nitrogens with one attached hydrogen (secondary N) is 1. The number of carbonyl (C=O) groups excluding carboxylic acids is 1. The van der Waals surface area contributed by atoms with Gasteiger partial charge in [0.1, 0.15) is 5.75 Å². The van der Waals surface area contributed by atoms with E-state index in [1.807, 2.05) is 35.0 Å². The summed E-state index contributed by atoms with van der Waals surface area (Å²) in [4.78, 5) is 16.5. The van der Waals surface area contributed by atoms with E-state index in [-0.39, 0.29) is 18.1 Å². The summed E-state index contributed by atoms with van der Waals surface area (Å²) in [5, 5.41) is 2.89. The minimum Gasteiger partial charge on any atom is -0.406 e. The molecule has 8 heteroatoms.